The lowest BCUT2D eigenvalue weighted by atomic mass is 10.0. The number of carbonyl (C=O) groups is 1. The van der Waals surface area contributed by atoms with Gasteiger partial charge in [0.2, 0.25) is 11.5 Å². The molecule has 0 amide bonds. The highest BCUT2D eigenvalue weighted by Crippen LogP contribution is 2.50. The highest BCUT2D eigenvalue weighted by molar-refractivity contribution is 5.88. The summed E-state index contributed by atoms with van der Waals surface area (Å²) in [4.78, 5) is 23.3. The molecule has 1 aliphatic rings. The third-order valence-corrected chi connectivity index (χ3v) is 5.05. The summed E-state index contributed by atoms with van der Waals surface area (Å²) in [5.74, 6) is 1.46. The monoisotopic (exact) mass is 442 g/mol. The van der Waals surface area contributed by atoms with Crippen LogP contribution in [0.25, 0.3) is 11.0 Å². The van der Waals surface area contributed by atoms with Crippen molar-refractivity contribution in [2.45, 2.75) is 19.1 Å². The zero-order valence-corrected chi connectivity index (χ0v) is 18.0. The van der Waals surface area contributed by atoms with Gasteiger partial charge < -0.3 is 32.8 Å². The van der Waals surface area contributed by atoms with Crippen LogP contribution in [0.5, 0.6) is 28.7 Å². The van der Waals surface area contributed by atoms with Gasteiger partial charge in [-0.25, -0.2) is 4.79 Å². The van der Waals surface area contributed by atoms with Gasteiger partial charge in [0.15, 0.2) is 35.0 Å². The Morgan fingerprint density at radius 1 is 0.906 bits per heavy atom. The van der Waals surface area contributed by atoms with Crippen molar-refractivity contribution in [2.24, 2.45) is 0 Å². The van der Waals surface area contributed by atoms with Crippen LogP contribution in [0.15, 0.2) is 45.6 Å². The molecule has 0 fully saturated rings. The normalized spacial score (nSPS) is 17.0. The van der Waals surface area contributed by atoms with Crippen LogP contribution in [0.3, 0.4) is 0 Å². The molecule has 0 saturated heterocycles. The molecule has 3 aromatic rings. The molecule has 2 heterocycles. The predicted molar refractivity (Wildman–Crippen MR) is 113 cm³/mol. The Morgan fingerprint density at radius 2 is 1.66 bits per heavy atom. The number of esters is 1. The first-order chi connectivity index (χ1) is 15.4. The molecule has 4 rings (SSSR count). The lowest BCUT2D eigenvalue weighted by Crippen LogP contribution is -2.37. The van der Waals surface area contributed by atoms with Crippen molar-refractivity contribution in [3.8, 4) is 28.7 Å². The molecule has 2 aromatic carbocycles. The van der Waals surface area contributed by atoms with E-state index in [9.17, 15) is 9.59 Å². The lowest BCUT2D eigenvalue weighted by molar-refractivity contribution is -0.145. The Kier molecular flexibility index (Phi) is 5.81. The van der Waals surface area contributed by atoms with Crippen LogP contribution in [0.1, 0.15) is 18.6 Å². The largest absolute Gasteiger partial charge is 0.493 e. The molecular formula is C23H22O9. The maximum atomic E-state index is 11.8. The molecule has 9 nitrogen and oxygen atoms in total. The average Bonchev–Trinajstić information content (AvgIpc) is 2.81. The van der Waals surface area contributed by atoms with Gasteiger partial charge >= 0.3 is 11.6 Å². The van der Waals surface area contributed by atoms with E-state index >= 15 is 0 Å². The highest BCUT2D eigenvalue weighted by Gasteiger charge is 2.38. The summed E-state index contributed by atoms with van der Waals surface area (Å²) in [6.45, 7) is 1.21. The van der Waals surface area contributed by atoms with Crippen LogP contribution in [-0.2, 0) is 9.53 Å². The number of benzene rings is 2. The maximum Gasteiger partial charge on any atom is 0.336 e. The molecule has 0 N–H and O–H groups in total. The first kappa shape index (κ1) is 21.4. The van der Waals surface area contributed by atoms with Crippen LogP contribution < -0.4 is 29.3 Å². The molecule has 2 unspecified atom stereocenters. The molecule has 0 saturated carbocycles. The summed E-state index contributed by atoms with van der Waals surface area (Å²) >= 11 is 0. The summed E-state index contributed by atoms with van der Waals surface area (Å²) < 4.78 is 39.3. The molecule has 0 spiro atoms. The third kappa shape index (κ3) is 3.89. The summed E-state index contributed by atoms with van der Waals surface area (Å²) in [5, 5.41) is 0.597. The van der Waals surface area contributed by atoms with Gasteiger partial charge in [0.25, 0.3) is 0 Å². The van der Waals surface area contributed by atoms with E-state index < -0.39 is 23.8 Å². The fraction of sp³-hybridized carbons (Fsp3) is 0.304. The summed E-state index contributed by atoms with van der Waals surface area (Å²) in [5.41, 5.74) is 0.376. The molecule has 1 aliphatic heterocycles. The van der Waals surface area contributed by atoms with Gasteiger partial charge in [0.1, 0.15) is 6.61 Å². The van der Waals surface area contributed by atoms with Gasteiger partial charge in [-0.2, -0.15) is 0 Å². The Hall–Kier alpha value is -3.88. The van der Waals surface area contributed by atoms with Crippen molar-refractivity contribution in [1.82, 2.24) is 0 Å². The molecule has 2 atom stereocenters. The van der Waals surface area contributed by atoms with Crippen LogP contribution >= 0.6 is 0 Å². The van der Waals surface area contributed by atoms with Crippen LogP contribution in [-0.4, -0.2) is 40.0 Å². The van der Waals surface area contributed by atoms with Crippen molar-refractivity contribution in [1.29, 1.82) is 0 Å². The van der Waals surface area contributed by atoms with E-state index in [1.54, 1.807) is 37.4 Å². The smallest absolute Gasteiger partial charge is 0.336 e. The summed E-state index contributed by atoms with van der Waals surface area (Å²) in [6, 6.07) is 9.90. The van der Waals surface area contributed by atoms with E-state index in [2.05, 4.69) is 0 Å². The second kappa shape index (κ2) is 8.70. The number of hydrogen-bond donors (Lipinski definition) is 0. The topological polar surface area (TPSA) is 103 Å². The molecule has 168 valence electrons. The first-order valence-corrected chi connectivity index (χ1v) is 9.78. The lowest BCUT2D eigenvalue weighted by Gasteiger charge is -2.34. The van der Waals surface area contributed by atoms with Gasteiger partial charge in [-0.05, 0) is 24.3 Å². The Bertz CT molecular complexity index is 1210. The number of rotatable bonds is 6. The van der Waals surface area contributed by atoms with Crippen molar-refractivity contribution in [2.75, 3.05) is 27.9 Å². The molecule has 0 radical (unpaired) electrons. The van der Waals surface area contributed by atoms with Gasteiger partial charge in [-0.15, -0.1) is 0 Å². The number of ether oxygens (including phenoxy) is 6. The van der Waals surface area contributed by atoms with Gasteiger partial charge in [-0.1, -0.05) is 6.07 Å². The summed E-state index contributed by atoms with van der Waals surface area (Å²) in [6.07, 6.45) is -1.44. The van der Waals surface area contributed by atoms with Crippen LogP contribution in [0.2, 0.25) is 0 Å². The Morgan fingerprint density at radius 3 is 2.34 bits per heavy atom. The van der Waals surface area contributed by atoms with Crippen molar-refractivity contribution < 1.29 is 37.6 Å². The van der Waals surface area contributed by atoms with Crippen LogP contribution in [0.4, 0.5) is 0 Å². The predicted octanol–water partition coefficient (Wildman–Crippen LogP) is 3.26. The van der Waals surface area contributed by atoms with Gasteiger partial charge in [0, 0.05) is 23.9 Å². The van der Waals surface area contributed by atoms with Crippen molar-refractivity contribution >= 4 is 16.9 Å². The molecule has 9 heteroatoms. The van der Waals surface area contributed by atoms with E-state index in [1.165, 1.54) is 27.2 Å². The number of hydrogen-bond acceptors (Lipinski definition) is 9. The Labute approximate surface area is 183 Å². The standard InChI is InChI=1S/C23H22O9/c1-12(24)29-11-18-20(13-5-7-15(26-2)16(9-13)27-3)32-22-17(28-4)10-14-6-8-19(25)31-21(14)23(22)30-18/h5-10,18,20H,11H2,1-4H3. The quantitative estimate of drug-likeness (QED) is 0.420. The molecule has 0 bridgehead atoms. The van der Waals surface area contributed by atoms with E-state index in [0.717, 1.165) is 0 Å². The van der Waals surface area contributed by atoms with Gasteiger partial charge in [0.05, 0.1) is 21.3 Å². The maximum absolute atomic E-state index is 11.8. The number of fused-ring (bicyclic) bond motifs is 3. The van der Waals surface area contributed by atoms with Crippen molar-refractivity contribution in [3.05, 3.63) is 52.4 Å². The molecule has 32 heavy (non-hydrogen) atoms. The molecule has 1 aromatic heterocycles. The zero-order chi connectivity index (χ0) is 22.8. The second-order valence-corrected chi connectivity index (χ2v) is 7.02. The second-order valence-electron chi connectivity index (χ2n) is 7.02. The molecule has 0 aliphatic carbocycles. The Balaban J connectivity index is 1.85. The van der Waals surface area contributed by atoms with Crippen LogP contribution in [0, 0.1) is 0 Å². The number of carbonyl (C=O) groups excluding carboxylic acids is 1. The minimum Gasteiger partial charge on any atom is -0.493 e. The minimum absolute atomic E-state index is 0.0937. The van der Waals surface area contributed by atoms with E-state index in [0.29, 0.717) is 28.2 Å². The van der Waals surface area contributed by atoms with Gasteiger partial charge in [-0.3, -0.25) is 4.79 Å². The SMILES string of the molecule is COc1ccc(C2Oc3c(OC)cc4ccc(=O)oc4c3OC2COC(C)=O)cc1OC. The molecular weight excluding hydrogens is 420 g/mol. The minimum atomic E-state index is -0.745. The van der Waals surface area contributed by atoms with Crippen molar-refractivity contribution in [3.63, 3.8) is 0 Å². The van der Waals surface area contributed by atoms with E-state index in [1.807, 2.05) is 0 Å². The average molecular weight is 442 g/mol. The fourth-order valence-electron chi connectivity index (χ4n) is 3.56. The van der Waals surface area contributed by atoms with E-state index in [4.69, 9.17) is 32.8 Å². The summed E-state index contributed by atoms with van der Waals surface area (Å²) in [7, 11) is 4.57. The zero-order valence-electron chi connectivity index (χ0n) is 18.0. The third-order valence-electron chi connectivity index (χ3n) is 5.05. The fourth-order valence-corrected chi connectivity index (χ4v) is 3.56. The first-order valence-electron chi connectivity index (χ1n) is 9.78. The number of methoxy groups -OCH3 is 3. The van der Waals surface area contributed by atoms with E-state index in [-0.39, 0.29) is 23.7 Å². The highest BCUT2D eigenvalue weighted by atomic mass is 16.6.